The summed E-state index contributed by atoms with van der Waals surface area (Å²) < 4.78 is 18.4. The summed E-state index contributed by atoms with van der Waals surface area (Å²) in [7, 11) is 0. The Kier molecular flexibility index (Phi) is 3.67. The van der Waals surface area contributed by atoms with Crippen LogP contribution in [0.4, 0.5) is 10.1 Å². The summed E-state index contributed by atoms with van der Waals surface area (Å²) in [4.78, 5) is 0. The van der Waals surface area contributed by atoms with Crippen LogP contribution in [0.5, 0.6) is 0 Å². The lowest BCUT2D eigenvalue weighted by molar-refractivity contribution is 0.135. The highest BCUT2D eigenvalue weighted by Gasteiger charge is 2.11. The third-order valence-corrected chi connectivity index (χ3v) is 2.80. The molecule has 0 saturated carbocycles. The monoisotopic (exact) mass is 241 g/mol. The maximum absolute atomic E-state index is 13.0. The smallest absolute Gasteiger partial charge is 0.125 e. The van der Waals surface area contributed by atoms with Crippen molar-refractivity contribution in [3.63, 3.8) is 0 Å². The van der Waals surface area contributed by atoms with Crippen molar-refractivity contribution in [2.24, 2.45) is 0 Å². The molecule has 0 saturated heterocycles. The van der Waals surface area contributed by atoms with Gasteiger partial charge in [-0.05, 0) is 37.1 Å². The van der Waals surface area contributed by atoms with Gasteiger partial charge in [0.15, 0.2) is 0 Å². The summed E-state index contributed by atoms with van der Waals surface area (Å²) in [6.07, 6.45) is 5.82. The number of anilines is 1. The quantitative estimate of drug-likeness (QED) is 0.873. The molecule has 86 valence electrons. The molecule has 0 radical (unpaired) electrons. The minimum atomic E-state index is -0.295. The fourth-order valence-electron chi connectivity index (χ4n) is 1.59. The maximum Gasteiger partial charge on any atom is 0.125 e. The molecule has 1 aromatic carbocycles. The molecule has 2 nitrogen and oxygen atoms in total. The molecule has 1 heterocycles. The first kappa shape index (κ1) is 11.3. The Morgan fingerprint density at radius 2 is 2.38 bits per heavy atom. The Labute approximate surface area is 99.1 Å². The van der Waals surface area contributed by atoms with Crippen LogP contribution in [0.1, 0.15) is 12.8 Å². The number of allylic oxidation sites excluding steroid dienone is 1. The summed E-state index contributed by atoms with van der Waals surface area (Å²) >= 11 is 5.93. The molecular weight excluding hydrogens is 229 g/mol. The molecule has 2 rings (SSSR count). The van der Waals surface area contributed by atoms with E-state index in [2.05, 4.69) is 5.32 Å². The molecule has 0 aliphatic carbocycles. The Hall–Kier alpha value is -1.22. The second-order valence-electron chi connectivity index (χ2n) is 3.71. The highest BCUT2D eigenvalue weighted by molar-refractivity contribution is 6.33. The first-order valence-electron chi connectivity index (χ1n) is 5.25. The van der Waals surface area contributed by atoms with Gasteiger partial charge in [-0.1, -0.05) is 11.6 Å². The predicted molar refractivity (Wildman–Crippen MR) is 63.1 cm³/mol. The third kappa shape index (κ3) is 2.89. The van der Waals surface area contributed by atoms with E-state index in [1.165, 1.54) is 12.1 Å². The van der Waals surface area contributed by atoms with Crippen molar-refractivity contribution in [2.75, 3.05) is 11.9 Å². The van der Waals surface area contributed by atoms with Gasteiger partial charge in [0.1, 0.15) is 11.9 Å². The lowest BCUT2D eigenvalue weighted by Gasteiger charge is -2.20. The lowest BCUT2D eigenvalue weighted by atomic mass is 10.1. The summed E-state index contributed by atoms with van der Waals surface area (Å²) in [5.74, 6) is -0.295. The number of ether oxygens (including phenoxy) is 1. The van der Waals surface area contributed by atoms with E-state index in [4.69, 9.17) is 16.3 Å². The number of nitrogens with one attached hydrogen (secondary N) is 1. The normalized spacial score (nSPS) is 19.2. The topological polar surface area (TPSA) is 21.3 Å². The van der Waals surface area contributed by atoms with Crippen molar-refractivity contribution in [3.8, 4) is 0 Å². The van der Waals surface area contributed by atoms with E-state index in [0.717, 1.165) is 12.8 Å². The van der Waals surface area contributed by atoms with Gasteiger partial charge in [-0.2, -0.15) is 0 Å². The maximum atomic E-state index is 13.0. The number of halogens is 2. The fraction of sp³-hybridized carbons (Fsp3) is 0.333. The second-order valence-corrected chi connectivity index (χ2v) is 4.12. The first-order valence-corrected chi connectivity index (χ1v) is 5.63. The van der Waals surface area contributed by atoms with E-state index in [0.29, 0.717) is 17.3 Å². The van der Waals surface area contributed by atoms with Crippen LogP contribution in [0.2, 0.25) is 5.02 Å². The van der Waals surface area contributed by atoms with Crippen LogP contribution in [0.15, 0.2) is 30.5 Å². The standard InChI is InChI=1S/C12H13ClFNO/c13-11-5-4-9(14)7-12(11)15-8-10-3-1-2-6-16-10/h2,4-7,10,15H,1,3,8H2. The molecule has 1 aromatic rings. The summed E-state index contributed by atoms with van der Waals surface area (Å²) in [6.45, 7) is 0.632. The summed E-state index contributed by atoms with van der Waals surface area (Å²) in [5, 5.41) is 3.61. The SMILES string of the molecule is Fc1ccc(Cl)c(NCC2CCC=CO2)c1. The van der Waals surface area contributed by atoms with Gasteiger partial charge in [0, 0.05) is 0 Å². The van der Waals surface area contributed by atoms with E-state index >= 15 is 0 Å². The fourth-order valence-corrected chi connectivity index (χ4v) is 1.78. The minimum Gasteiger partial charge on any atom is -0.497 e. The van der Waals surface area contributed by atoms with Gasteiger partial charge in [0.05, 0.1) is 23.5 Å². The second kappa shape index (κ2) is 5.21. The van der Waals surface area contributed by atoms with Gasteiger partial charge in [0.25, 0.3) is 0 Å². The molecule has 1 unspecified atom stereocenters. The number of hydrogen-bond donors (Lipinski definition) is 1. The van der Waals surface area contributed by atoms with E-state index in [1.54, 1.807) is 12.3 Å². The van der Waals surface area contributed by atoms with Crippen LogP contribution >= 0.6 is 11.6 Å². The van der Waals surface area contributed by atoms with E-state index in [9.17, 15) is 4.39 Å². The molecule has 1 aliphatic rings. The van der Waals surface area contributed by atoms with Gasteiger partial charge in [-0.3, -0.25) is 0 Å². The Morgan fingerprint density at radius 1 is 1.50 bits per heavy atom. The van der Waals surface area contributed by atoms with E-state index < -0.39 is 0 Å². The number of rotatable bonds is 3. The number of hydrogen-bond acceptors (Lipinski definition) is 2. The van der Waals surface area contributed by atoms with Crippen LogP contribution in [0.3, 0.4) is 0 Å². The molecular formula is C12H13ClFNO. The minimum absolute atomic E-state index is 0.129. The average Bonchev–Trinajstić information content (AvgIpc) is 2.32. The van der Waals surface area contributed by atoms with Gasteiger partial charge in [-0.25, -0.2) is 4.39 Å². The zero-order valence-corrected chi connectivity index (χ0v) is 9.51. The molecule has 4 heteroatoms. The molecule has 0 spiro atoms. The van der Waals surface area contributed by atoms with Crippen molar-refractivity contribution in [1.82, 2.24) is 0 Å². The van der Waals surface area contributed by atoms with Crippen molar-refractivity contribution < 1.29 is 9.13 Å². The van der Waals surface area contributed by atoms with Crippen LogP contribution in [-0.2, 0) is 4.74 Å². The molecule has 0 amide bonds. The molecule has 1 atom stereocenters. The zero-order chi connectivity index (χ0) is 11.4. The van der Waals surface area contributed by atoms with Crippen LogP contribution in [0.25, 0.3) is 0 Å². The van der Waals surface area contributed by atoms with Crippen molar-refractivity contribution >= 4 is 17.3 Å². The van der Waals surface area contributed by atoms with Gasteiger partial charge in [-0.15, -0.1) is 0 Å². The Morgan fingerprint density at radius 3 is 3.12 bits per heavy atom. The molecule has 0 bridgehead atoms. The highest BCUT2D eigenvalue weighted by Crippen LogP contribution is 2.23. The van der Waals surface area contributed by atoms with Gasteiger partial charge in [0.2, 0.25) is 0 Å². The lowest BCUT2D eigenvalue weighted by Crippen LogP contribution is -2.23. The Bertz CT molecular complexity index is 395. The molecule has 0 aromatic heterocycles. The van der Waals surface area contributed by atoms with E-state index in [-0.39, 0.29) is 11.9 Å². The largest absolute Gasteiger partial charge is 0.497 e. The third-order valence-electron chi connectivity index (χ3n) is 2.47. The van der Waals surface area contributed by atoms with Crippen molar-refractivity contribution in [3.05, 3.63) is 41.4 Å². The summed E-state index contributed by atoms with van der Waals surface area (Å²) in [6, 6.07) is 4.27. The van der Waals surface area contributed by atoms with Crippen LogP contribution in [0, 0.1) is 5.82 Å². The number of benzene rings is 1. The summed E-state index contributed by atoms with van der Waals surface area (Å²) in [5.41, 5.74) is 0.611. The van der Waals surface area contributed by atoms with Gasteiger partial charge < -0.3 is 10.1 Å². The highest BCUT2D eigenvalue weighted by atomic mass is 35.5. The van der Waals surface area contributed by atoms with Gasteiger partial charge >= 0.3 is 0 Å². The molecule has 1 N–H and O–H groups in total. The average molecular weight is 242 g/mol. The van der Waals surface area contributed by atoms with Crippen LogP contribution in [-0.4, -0.2) is 12.6 Å². The predicted octanol–water partition coefficient (Wildman–Crippen LogP) is 3.58. The van der Waals surface area contributed by atoms with E-state index in [1.807, 2.05) is 6.08 Å². The zero-order valence-electron chi connectivity index (χ0n) is 8.75. The molecule has 16 heavy (non-hydrogen) atoms. The first-order chi connectivity index (χ1) is 7.75. The van der Waals surface area contributed by atoms with Crippen molar-refractivity contribution in [1.29, 1.82) is 0 Å². The molecule has 1 aliphatic heterocycles. The van der Waals surface area contributed by atoms with Crippen LogP contribution < -0.4 is 5.32 Å². The Balaban J connectivity index is 1.93. The molecule has 0 fully saturated rings. The van der Waals surface area contributed by atoms with Crippen molar-refractivity contribution in [2.45, 2.75) is 18.9 Å².